The maximum absolute atomic E-state index is 9.67. The molecule has 2 aromatic carbocycles. The molecule has 0 aromatic heterocycles. The second kappa shape index (κ2) is 5.47. The Kier molecular flexibility index (Phi) is 3.93. The number of rotatable bonds is 3. The topological polar surface area (TPSA) is 72.7 Å². The van der Waals surface area contributed by atoms with E-state index in [9.17, 15) is 15.3 Å². The summed E-state index contributed by atoms with van der Waals surface area (Å²) in [6.07, 6.45) is 0. The lowest BCUT2D eigenvalue weighted by molar-refractivity contribution is 0.365. The first-order valence-electron chi connectivity index (χ1n) is 5.41. The van der Waals surface area contributed by atoms with Crippen LogP contribution < -0.4 is 5.32 Å². The monoisotopic (exact) mass is 299 g/mol. The van der Waals surface area contributed by atoms with Crippen LogP contribution in [-0.2, 0) is 6.54 Å². The van der Waals surface area contributed by atoms with E-state index in [4.69, 9.17) is 23.2 Å². The van der Waals surface area contributed by atoms with Gasteiger partial charge in [0.15, 0.2) is 11.5 Å². The van der Waals surface area contributed by atoms with Crippen molar-refractivity contribution in [3.05, 3.63) is 45.9 Å². The van der Waals surface area contributed by atoms with E-state index in [2.05, 4.69) is 5.32 Å². The molecule has 100 valence electrons. The molecule has 0 saturated carbocycles. The third kappa shape index (κ3) is 2.80. The Bertz CT molecular complexity index is 617. The normalized spacial score (nSPS) is 10.4. The second-order valence-electron chi connectivity index (χ2n) is 3.90. The molecule has 0 heterocycles. The Morgan fingerprint density at radius 1 is 0.947 bits per heavy atom. The Hall–Kier alpha value is -1.78. The average Bonchev–Trinajstić information content (AvgIpc) is 2.40. The largest absolute Gasteiger partial charge is 0.504 e. The highest BCUT2D eigenvalue weighted by molar-refractivity contribution is 6.43. The fraction of sp³-hybridized carbons (Fsp3) is 0.0769. The zero-order chi connectivity index (χ0) is 14.0. The summed E-state index contributed by atoms with van der Waals surface area (Å²) in [7, 11) is 0. The predicted molar refractivity (Wildman–Crippen MR) is 75.2 cm³/mol. The molecule has 4 N–H and O–H groups in total. The molecule has 0 bridgehead atoms. The highest BCUT2D eigenvalue weighted by atomic mass is 35.5. The average molecular weight is 300 g/mol. The van der Waals surface area contributed by atoms with Crippen molar-refractivity contribution in [1.82, 2.24) is 0 Å². The Balaban J connectivity index is 2.20. The fourth-order valence-electron chi connectivity index (χ4n) is 1.58. The van der Waals surface area contributed by atoms with Crippen molar-refractivity contribution in [2.45, 2.75) is 6.54 Å². The van der Waals surface area contributed by atoms with E-state index in [0.29, 0.717) is 21.3 Å². The fourth-order valence-corrected chi connectivity index (χ4v) is 1.95. The van der Waals surface area contributed by atoms with Gasteiger partial charge in [-0.05, 0) is 24.3 Å². The van der Waals surface area contributed by atoms with Gasteiger partial charge < -0.3 is 20.6 Å². The minimum Gasteiger partial charge on any atom is -0.504 e. The molecule has 6 heteroatoms. The van der Waals surface area contributed by atoms with Crippen LogP contribution in [0.2, 0.25) is 10.0 Å². The molecule has 0 atom stereocenters. The van der Waals surface area contributed by atoms with E-state index >= 15 is 0 Å². The van der Waals surface area contributed by atoms with Gasteiger partial charge in [-0.1, -0.05) is 29.3 Å². The SMILES string of the molecule is Oc1ccc(CNc2cccc(Cl)c2Cl)c(O)c1O. The van der Waals surface area contributed by atoms with Gasteiger partial charge in [-0.25, -0.2) is 0 Å². The number of aromatic hydroxyl groups is 3. The molecule has 4 nitrogen and oxygen atoms in total. The van der Waals surface area contributed by atoms with E-state index < -0.39 is 5.75 Å². The maximum atomic E-state index is 9.67. The van der Waals surface area contributed by atoms with Crippen LogP contribution in [0.4, 0.5) is 5.69 Å². The molecule has 2 aromatic rings. The van der Waals surface area contributed by atoms with Crippen molar-refractivity contribution in [3.8, 4) is 17.2 Å². The van der Waals surface area contributed by atoms with Gasteiger partial charge >= 0.3 is 0 Å². The van der Waals surface area contributed by atoms with Crippen molar-refractivity contribution in [3.63, 3.8) is 0 Å². The van der Waals surface area contributed by atoms with E-state index in [0.717, 1.165) is 0 Å². The maximum Gasteiger partial charge on any atom is 0.200 e. The lowest BCUT2D eigenvalue weighted by atomic mass is 10.1. The third-order valence-electron chi connectivity index (χ3n) is 2.63. The molecule has 0 aliphatic rings. The minimum atomic E-state index is -0.545. The summed E-state index contributed by atoms with van der Waals surface area (Å²) >= 11 is 11.9. The molecule has 2 rings (SSSR count). The number of benzene rings is 2. The van der Waals surface area contributed by atoms with E-state index in [-0.39, 0.29) is 18.0 Å². The molecule has 0 radical (unpaired) electrons. The van der Waals surface area contributed by atoms with Crippen LogP contribution in [0.15, 0.2) is 30.3 Å². The Labute approximate surface area is 119 Å². The molecule has 0 amide bonds. The zero-order valence-electron chi connectivity index (χ0n) is 9.69. The standard InChI is InChI=1S/C13H11Cl2NO3/c14-8-2-1-3-9(11(8)15)16-6-7-4-5-10(17)13(19)12(7)18/h1-5,16-19H,6H2. The number of phenolic OH excluding ortho intramolecular Hbond substituents is 3. The summed E-state index contributed by atoms with van der Waals surface area (Å²) in [5.74, 6) is -1.29. The van der Waals surface area contributed by atoms with Gasteiger partial charge in [0.25, 0.3) is 0 Å². The van der Waals surface area contributed by atoms with E-state index in [1.165, 1.54) is 12.1 Å². The van der Waals surface area contributed by atoms with Gasteiger partial charge in [0.05, 0.1) is 15.7 Å². The Morgan fingerprint density at radius 3 is 2.42 bits per heavy atom. The lowest BCUT2D eigenvalue weighted by Gasteiger charge is -2.11. The van der Waals surface area contributed by atoms with Gasteiger partial charge in [0.2, 0.25) is 5.75 Å². The first-order chi connectivity index (χ1) is 9.00. The third-order valence-corrected chi connectivity index (χ3v) is 3.45. The van der Waals surface area contributed by atoms with Gasteiger partial charge in [-0.3, -0.25) is 0 Å². The van der Waals surface area contributed by atoms with E-state index in [1.54, 1.807) is 18.2 Å². The van der Waals surface area contributed by atoms with Crippen molar-refractivity contribution in [2.24, 2.45) is 0 Å². The quantitative estimate of drug-likeness (QED) is 0.652. The first-order valence-corrected chi connectivity index (χ1v) is 6.17. The van der Waals surface area contributed by atoms with Crippen molar-refractivity contribution < 1.29 is 15.3 Å². The number of hydrogen-bond donors (Lipinski definition) is 4. The van der Waals surface area contributed by atoms with Gasteiger partial charge in [0, 0.05) is 12.1 Å². The number of phenols is 3. The smallest absolute Gasteiger partial charge is 0.200 e. The molecular formula is C13H11Cl2NO3. The summed E-state index contributed by atoms with van der Waals surface area (Å²) in [4.78, 5) is 0. The van der Waals surface area contributed by atoms with Gasteiger partial charge in [-0.2, -0.15) is 0 Å². The molecule has 0 fully saturated rings. The van der Waals surface area contributed by atoms with Crippen LogP contribution in [0.25, 0.3) is 0 Å². The summed E-state index contributed by atoms with van der Waals surface area (Å²) in [6.45, 7) is 0.222. The highest BCUT2D eigenvalue weighted by Gasteiger charge is 2.11. The van der Waals surface area contributed by atoms with Crippen LogP contribution in [0.3, 0.4) is 0 Å². The molecule has 0 spiro atoms. The highest BCUT2D eigenvalue weighted by Crippen LogP contribution is 2.37. The molecular weight excluding hydrogens is 289 g/mol. The van der Waals surface area contributed by atoms with Crippen LogP contribution in [0.5, 0.6) is 17.2 Å². The van der Waals surface area contributed by atoms with Crippen LogP contribution in [-0.4, -0.2) is 15.3 Å². The predicted octanol–water partition coefficient (Wildman–Crippen LogP) is 3.72. The zero-order valence-corrected chi connectivity index (χ0v) is 11.2. The minimum absolute atomic E-state index is 0.222. The first kappa shape index (κ1) is 13.6. The van der Waals surface area contributed by atoms with Gasteiger partial charge in [0.1, 0.15) is 0 Å². The van der Waals surface area contributed by atoms with Crippen LogP contribution in [0.1, 0.15) is 5.56 Å². The summed E-state index contributed by atoms with van der Waals surface area (Å²) < 4.78 is 0. The van der Waals surface area contributed by atoms with Crippen molar-refractivity contribution in [2.75, 3.05) is 5.32 Å². The van der Waals surface area contributed by atoms with E-state index in [1.807, 2.05) is 0 Å². The van der Waals surface area contributed by atoms with Crippen molar-refractivity contribution in [1.29, 1.82) is 0 Å². The Morgan fingerprint density at radius 2 is 1.68 bits per heavy atom. The van der Waals surface area contributed by atoms with Crippen molar-refractivity contribution >= 4 is 28.9 Å². The summed E-state index contributed by atoms with van der Waals surface area (Å²) in [5, 5.41) is 32.1. The number of nitrogens with one attached hydrogen (secondary N) is 1. The summed E-state index contributed by atoms with van der Waals surface area (Å²) in [5.41, 5.74) is 1.03. The van der Waals surface area contributed by atoms with Crippen LogP contribution >= 0.6 is 23.2 Å². The lowest BCUT2D eigenvalue weighted by Crippen LogP contribution is -2.00. The number of anilines is 1. The molecule has 19 heavy (non-hydrogen) atoms. The van der Waals surface area contributed by atoms with Crippen LogP contribution in [0, 0.1) is 0 Å². The molecule has 0 aliphatic carbocycles. The molecule has 0 unspecified atom stereocenters. The number of halogens is 2. The molecule has 0 saturated heterocycles. The number of hydrogen-bond acceptors (Lipinski definition) is 4. The van der Waals surface area contributed by atoms with Gasteiger partial charge in [-0.15, -0.1) is 0 Å². The summed E-state index contributed by atoms with van der Waals surface area (Å²) in [6, 6.07) is 7.94. The molecule has 0 aliphatic heterocycles. The second-order valence-corrected chi connectivity index (χ2v) is 4.68.